The zero-order valence-corrected chi connectivity index (χ0v) is 12.4. The van der Waals surface area contributed by atoms with Crippen LogP contribution in [0, 0.1) is 0 Å². The van der Waals surface area contributed by atoms with E-state index in [1.54, 1.807) is 11.3 Å². The number of fused-ring (bicyclic) bond motifs is 2. The summed E-state index contributed by atoms with van der Waals surface area (Å²) in [6, 6.07) is 0. The molecule has 6 nitrogen and oxygen atoms in total. The molecule has 3 rings (SSSR count). The van der Waals surface area contributed by atoms with Crippen LogP contribution in [0.1, 0.15) is 5.01 Å². The molecule has 3 heterocycles. The smallest absolute Gasteiger partial charge is 0.211 e. The van der Waals surface area contributed by atoms with Gasteiger partial charge in [0.1, 0.15) is 5.01 Å². The predicted octanol–water partition coefficient (Wildman–Crippen LogP) is -0.0123. The van der Waals surface area contributed by atoms with Gasteiger partial charge < -0.3 is 4.74 Å². The molecule has 1 aromatic heterocycles. The summed E-state index contributed by atoms with van der Waals surface area (Å²) in [6.07, 6.45) is 3.03. The van der Waals surface area contributed by atoms with Gasteiger partial charge in [0.15, 0.2) is 0 Å². The van der Waals surface area contributed by atoms with E-state index in [9.17, 15) is 8.42 Å². The first-order valence-electron chi connectivity index (χ1n) is 6.22. The Kier molecular flexibility index (Phi) is 3.61. The highest BCUT2D eigenvalue weighted by atomic mass is 32.2. The third kappa shape index (κ3) is 3.14. The second-order valence-corrected chi connectivity index (χ2v) is 8.04. The number of ether oxygens (including phenoxy) is 1. The normalized spacial score (nSPS) is 29.5. The lowest BCUT2D eigenvalue weighted by Crippen LogP contribution is -2.60. The van der Waals surface area contributed by atoms with Crippen LogP contribution in [-0.2, 0) is 21.3 Å². The predicted molar refractivity (Wildman–Crippen MR) is 72.5 cm³/mol. The van der Waals surface area contributed by atoms with Crippen molar-refractivity contribution in [3.05, 3.63) is 16.6 Å². The number of aromatic nitrogens is 1. The summed E-state index contributed by atoms with van der Waals surface area (Å²) in [4.78, 5) is 6.59. The van der Waals surface area contributed by atoms with Gasteiger partial charge in [0.25, 0.3) is 0 Å². The molecule has 2 saturated heterocycles. The molecule has 0 radical (unpaired) electrons. The summed E-state index contributed by atoms with van der Waals surface area (Å²) in [5.41, 5.74) is 0. The SMILES string of the molecule is CS(=O)(=O)N1C[C@H]2CN(Cc3nccs3)C[C@@H](C1)O2. The third-order valence-corrected chi connectivity index (χ3v) is 5.44. The van der Waals surface area contributed by atoms with Gasteiger partial charge in [0.2, 0.25) is 10.0 Å². The van der Waals surface area contributed by atoms with Crippen LogP contribution < -0.4 is 0 Å². The van der Waals surface area contributed by atoms with Gasteiger partial charge in [-0.1, -0.05) is 0 Å². The summed E-state index contributed by atoms with van der Waals surface area (Å²) in [6.45, 7) is 3.28. The summed E-state index contributed by atoms with van der Waals surface area (Å²) < 4.78 is 30.6. The average molecular weight is 303 g/mol. The lowest BCUT2D eigenvalue weighted by Gasteiger charge is -2.44. The first-order valence-corrected chi connectivity index (χ1v) is 8.95. The number of sulfonamides is 1. The third-order valence-electron chi connectivity index (χ3n) is 3.43. The Morgan fingerprint density at radius 3 is 2.58 bits per heavy atom. The van der Waals surface area contributed by atoms with Crippen LogP contribution in [0.2, 0.25) is 0 Å². The molecule has 2 bridgehead atoms. The van der Waals surface area contributed by atoms with Crippen LogP contribution >= 0.6 is 11.3 Å². The van der Waals surface area contributed by atoms with Crippen molar-refractivity contribution >= 4 is 21.4 Å². The van der Waals surface area contributed by atoms with E-state index in [0.717, 1.165) is 24.6 Å². The molecule has 1 aromatic rings. The monoisotopic (exact) mass is 303 g/mol. The fourth-order valence-corrected chi connectivity index (χ4v) is 4.19. The van der Waals surface area contributed by atoms with Crippen molar-refractivity contribution in [2.45, 2.75) is 18.8 Å². The molecule has 2 aliphatic rings. The molecule has 19 heavy (non-hydrogen) atoms. The van der Waals surface area contributed by atoms with E-state index in [-0.39, 0.29) is 12.2 Å². The van der Waals surface area contributed by atoms with Crippen LogP contribution in [0.5, 0.6) is 0 Å². The molecule has 0 N–H and O–H groups in total. The lowest BCUT2D eigenvalue weighted by atomic mass is 10.1. The standard InChI is InChI=1S/C11H17N3O3S2/c1-19(15,16)14-6-9-4-13(5-10(7-14)17-9)8-11-12-2-3-18-11/h2-3,9-10H,4-8H2,1H3/t9-,10+. The zero-order valence-electron chi connectivity index (χ0n) is 10.7. The molecule has 0 aliphatic carbocycles. The van der Waals surface area contributed by atoms with Gasteiger partial charge >= 0.3 is 0 Å². The average Bonchev–Trinajstić information content (AvgIpc) is 2.79. The molecule has 2 atom stereocenters. The highest BCUT2D eigenvalue weighted by Gasteiger charge is 2.37. The minimum atomic E-state index is -3.11. The zero-order chi connectivity index (χ0) is 13.5. The van der Waals surface area contributed by atoms with Gasteiger partial charge in [-0.05, 0) is 0 Å². The number of nitrogens with zero attached hydrogens (tertiary/aromatic N) is 3. The Balaban J connectivity index is 1.65. The molecule has 0 saturated carbocycles. The minimum Gasteiger partial charge on any atom is -0.370 e. The van der Waals surface area contributed by atoms with Crippen molar-refractivity contribution in [1.82, 2.24) is 14.2 Å². The summed E-state index contributed by atoms with van der Waals surface area (Å²) in [7, 11) is -3.11. The van der Waals surface area contributed by atoms with E-state index in [1.165, 1.54) is 10.6 Å². The van der Waals surface area contributed by atoms with Gasteiger partial charge in [-0.15, -0.1) is 11.3 Å². The molecular formula is C11H17N3O3S2. The second kappa shape index (κ2) is 5.10. The van der Waals surface area contributed by atoms with Gasteiger partial charge in [0, 0.05) is 37.8 Å². The van der Waals surface area contributed by atoms with Gasteiger partial charge in [0.05, 0.1) is 25.0 Å². The summed E-state index contributed by atoms with van der Waals surface area (Å²) >= 11 is 1.65. The highest BCUT2D eigenvalue weighted by molar-refractivity contribution is 7.88. The molecule has 0 unspecified atom stereocenters. The summed E-state index contributed by atoms with van der Waals surface area (Å²) in [5, 5.41) is 3.07. The Hall–Kier alpha value is -0.540. The molecule has 0 amide bonds. The van der Waals surface area contributed by atoms with Crippen molar-refractivity contribution in [3.8, 4) is 0 Å². The number of hydrogen-bond donors (Lipinski definition) is 0. The van der Waals surface area contributed by atoms with Crippen molar-refractivity contribution in [2.24, 2.45) is 0 Å². The first-order chi connectivity index (χ1) is 9.00. The van der Waals surface area contributed by atoms with E-state index >= 15 is 0 Å². The molecule has 106 valence electrons. The molecule has 8 heteroatoms. The highest BCUT2D eigenvalue weighted by Crippen LogP contribution is 2.22. The van der Waals surface area contributed by atoms with Gasteiger partial charge in [-0.3, -0.25) is 4.90 Å². The largest absolute Gasteiger partial charge is 0.370 e. The van der Waals surface area contributed by atoms with Crippen LogP contribution in [0.25, 0.3) is 0 Å². The number of rotatable bonds is 3. The molecule has 0 spiro atoms. The van der Waals surface area contributed by atoms with Crippen LogP contribution in [0.4, 0.5) is 0 Å². The van der Waals surface area contributed by atoms with Crippen LogP contribution in [0.15, 0.2) is 11.6 Å². The Morgan fingerprint density at radius 1 is 1.37 bits per heavy atom. The van der Waals surface area contributed by atoms with Crippen molar-refractivity contribution in [3.63, 3.8) is 0 Å². The minimum absolute atomic E-state index is 0.0258. The Morgan fingerprint density at radius 2 is 2.05 bits per heavy atom. The maximum atomic E-state index is 11.6. The molecular weight excluding hydrogens is 286 g/mol. The maximum Gasteiger partial charge on any atom is 0.211 e. The molecule has 0 aromatic carbocycles. The number of hydrogen-bond acceptors (Lipinski definition) is 6. The van der Waals surface area contributed by atoms with Gasteiger partial charge in [-0.2, -0.15) is 4.31 Å². The van der Waals surface area contributed by atoms with E-state index in [1.807, 2.05) is 11.6 Å². The quantitative estimate of drug-likeness (QED) is 0.786. The Labute approximate surface area is 117 Å². The van der Waals surface area contributed by atoms with E-state index < -0.39 is 10.0 Å². The van der Waals surface area contributed by atoms with E-state index in [4.69, 9.17) is 4.74 Å². The lowest BCUT2D eigenvalue weighted by molar-refractivity contribution is -0.124. The topological polar surface area (TPSA) is 62.7 Å². The van der Waals surface area contributed by atoms with Crippen molar-refractivity contribution in [1.29, 1.82) is 0 Å². The van der Waals surface area contributed by atoms with Crippen molar-refractivity contribution in [2.75, 3.05) is 32.4 Å². The fraction of sp³-hybridized carbons (Fsp3) is 0.727. The number of thiazole rings is 1. The molecule has 2 aliphatic heterocycles. The molecule has 2 fully saturated rings. The first kappa shape index (κ1) is 13.4. The second-order valence-electron chi connectivity index (χ2n) is 5.08. The number of morpholine rings is 2. The Bertz CT molecular complexity index is 517. The fourth-order valence-electron chi connectivity index (χ4n) is 2.66. The maximum absolute atomic E-state index is 11.6. The van der Waals surface area contributed by atoms with E-state index in [0.29, 0.717) is 13.1 Å². The van der Waals surface area contributed by atoms with Crippen LogP contribution in [0.3, 0.4) is 0 Å². The van der Waals surface area contributed by atoms with Crippen molar-refractivity contribution < 1.29 is 13.2 Å². The summed E-state index contributed by atoms with van der Waals surface area (Å²) in [5.74, 6) is 0. The van der Waals surface area contributed by atoms with E-state index in [2.05, 4.69) is 9.88 Å². The van der Waals surface area contributed by atoms with Gasteiger partial charge in [-0.25, -0.2) is 13.4 Å². The van der Waals surface area contributed by atoms with Crippen LogP contribution in [-0.4, -0.2) is 67.2 Å².